The lowest BCUT2D eigenvalue weighted by Crippen LogP contribution is -2.49. The highest BCUT2D eigenvalue weighted by atomic mass is 32.2. The number of benzene rings is 1. The summed E-state index contributed by atoms with van der Waals surface area (Å²) in [6.07, 6.45) is 4.22. The minimum Gasteiger partial charge on any atom is -0.373 e. The molecule has 8 nitrogen and oxygen atoms in total. The summed E-state index contributed by atoms with van der Waals surface area (Å²) in [6.45, 7) is 4.53. The Hall–Kier alpha value is -2.23. The molecule has 1 fully saturated rings. The van der Waals surface area contributed by atoms with Gasteiger partial charge in [0.05, 0.1) is 29.8 Å². The number of sulfonamides is 1. The van der Waals surface area contributed by atoms with Crippen molar-refractivity contribution < 1.29 is 17.9 Å². The molecule has 29 heavy (non-hydrogen) atoms. The molecule has 1 aliphatic heterocycles. The monoisotopic (exact) mass is 420 g/mol. The third-order valence-electron chi connectivity index (χ3n) is 4.76. The molecule has 1 aliphatic rings. The molecule has 2 heterocycles. The zero-order valence-corrected chi connectivity index (χ0v) is 17.6. The van der Waals surface area contributed by atoms with Gasteiger partial charge in [-0.15, -0.1) is 0 Å². The summed E-state index contributed by atoms with van der Waals surface area (Å²) in [5.41, 5.74) is 1.91. The van der Waals surface area contributed by atoms with Crippen LogP contribution in [0.4, 0.5) is 0 Å². The Morgan fingerprint density at radius 3 is 2.59 bits per heavy atom. The van der Waals surface area contributed by atoms with E-state index in [0.717, 1.165) is 11.3 Å². The fourth-order valence-electron chi connectivity index (χ4n) is 3.36. The van der Waals surface area contributed by atoms with E-state index in [1.54, 1.807) is 10.9 Å². The molecule has 0 saturated carbocycles. The van der Waals surface area contributed by atoms with Gasteiger partial charge in [0.2, 0.25) is 15.9 Å². The quantitative estimate of drug-likeness (QED) is 0.696. The fourth-order valence-corrected chi connectivity index (χ4v) is 4.86. The van der Waals surface area contributed by atoms with Crippen molar-refractivity contribution in [3.8, 4) is 5.69 Å². The molecule has 1 saturated heterocycles. The number of ether oxygens (including phenoxy) is 1. The molecule has 0 radical (unpaired) electrons. The smallest absolute Gasteiger partial charge is 0.220 e. The lowest BCUT2D eigenvalue weighted by atomic mass is 10.2. The van der Waals surface area contributed by atoms with E-state index in [0.29, 0.717) is 19.5 Å². The van der Waals surface area contributed by atoms with Crippen LogP contribution in [0.2, 0.25) is 0 Å². The van der Waals surface area contributed by atoms with Gasteiger partial charge in [-0.05, 0) is 38.0 Å². The lowest BCUT2D eigenvalue weighted by Gasteiger charge is -2.34. The number of carbonyl (C=O) groups is 1. The van der Waals surface area contributed by atoms with Crippen molar-refractivity contribution in [2.24, 2.45) is 0 Å². The Kier molecular flexibility index (Phi) is 7.05. The summed E-state index contributed by atoms with van der Waals surface area (Å²) in [5.74, 6) is -0.277. The number of aromatic nitrogens is 2. The van der Waals surface area contributed by atoms with Gasteiger partial charge in [0, 0.05) is 32.3 Å². The van der Waals surface area contributed by atoms with Crippen LogP contribution in [0.15, 0.2) is 42.7 Å². The molecule has 0 spiro atoms. The van der Waals surface area contributed by atoms with E-state index in [2.05, 4.69) is 10.4 Å². The van der Waals surface area contributed by atoms with E-state index in [1.807, 2.05) is 50.4 Å². The second-order valence-electron chi connectivity index (χ2n) is 7.37. The van der Waals surface area contributed by atoms with Crippen molar-refractivity contribution in [2.45, 2.75) is 38.9 Å². The van der Waals surface area contributed by atoms with Crippen molar-refractivity contribution in [1.82, 2.24) is 19.4 Å². The maximum absolute atomic E-state index is 12.5. The molecule has 1 N–H and O–H groups in total. The number of nitrogens with one attached hydrogen (secondary N) is 1. The zero-order chi connectivity index (χ0) is 20.9. The number of hydrogen-bond acceptors (Lipinski definition) is 5. The molecular weight excluding hydrogens is 392 g/mol. The number of aryl methyl sites for hydroxylation is 1. The van der Waals surface area contributed by atoms with E-state index in [9.17, 15) is 13.2 Å². The summed E-state index contributed by atoms with van der Waals surface area (Å²) in [4.78, 5) is 12.1. The first-order valence-corrected chi connectivity index (χ1v) is 11.4. The molecule has 2 atom stereocenters. The van der Waals surface area contributed by atoms with Crippen LogP contribution in [0.25, 0.3) is 5.69 Å². The average Bonchev–Trinajstić information content (AvgIpc) is 3.15. The largest absolute Gasteiger partial charge is 0.373 e. The Morgan fingerprint density at radius 2 is 1.90 bits per heavy atom. The van der Waals surface area contributed by atoms with Crippen molar-refractivity contribution in [2.75, 3.05) is 25.4 Å². The van der Waals surface area contributed by atoms with Crippen molar-refractivity contribution in [3.05, 3.63) is 48.3 Å². The highest BCUT2D eigenvalue weighted by Crippen LogP contribution is 2.14. The van der Waals surface area contributed by atoms with E-state index in [1.165, 1.54) is 4.31 Å². The first-order chi connectivity index (χ1) is 13.8. The molecule has 3 rings (SSSR count). The summed E-state index contributed by atoms with van der Waals surface area (Å²) in [6, 6.07) is 9.74. The standard InChI is InChI=1S/C20H28N4O4S/c1-16-13-23(14-17(2)28-16)29(26,27)11-10-21-20(25)9-8-18-12-22-24(15-18)19-6-4-3-5-7-19/h3-7,12,15-17H,8-11,13-14H2,1-2H3,(H,21,25)/t16-,17-/m1/s1. The normalized spacial score (nSPS) is 20.5. The van der Waals surface area contributed by atoms with E-state index in [4.69, 9.17) is 4.74 Å². The molecular formula is C20H28N4O4S. The number of amides is 1. The fraction of sp³-hybridized carbons (Fsp3) is 0.500. The predicted molar refractivity (Wildman–Crippen MR) is 110 cm³/mol. The van der Waals surface area contributed by atoms with Crippen molar-refractivity contribution in [1.29, 1.82) is 0 Å². The molecule has 1 aromatic carbocycles. The van der Waals surface area contributed by atoms with E-state index >= 15 is 0 Å². The summed E-state index contributed by atoms with van der Waals surface area (Å²) in [7, 11) is -3.41. The molecule has 2 aromatic rings. The lowest BCUT2D eigenvalue weighted by molar-refractivity contribution is -0.120. The number of para-hydroxylation sites is 1. The van der Waals surface area contributed by atoms with Crippen LogP contribution in [-0.4, -0.2) is 66.0 Å². The van der Waals surface area contributed by atoms with Gasteiger partial charge in [0.15, 0.2) is 0 Å². The maximum Gasteiger partial charge on any atom is 0.220 e. The first kappa shape index (κ1) is 21.5. The molecule has 1 amide bonds. The second-order valence-corrected chi connectivity index (χ2v) is 9.46. The first-order valence-electron chi connectivity index (χ1n) is 9.82. The number of nitrogens with zero attached hydrogens (tertiary/aromatic N) is 3. The summed E-state index contributed by atoms with van der Waals surface area (Å²) in [5, 5.41) is 7.02. The number of hydrogen-bond donors (Lipinski definition) is 1. The highest BCUT2D eigenvalue weighted by Gasteiger charge is 2.30. The maximum atomic E-state index is 12.5. The van der Waals surface area contributed by atoms with Crippen LogP contribution in [0.1, 0.15) is 25.8 Å². The molecule has 9 heteroatoms. The van der Waals surface area contributed by atoms with E-state index < -0.39 is 10.0 Å². The van der Waals surface area contributed by atoms with Gasteiger partial charge in [-0.3, -0.25) is 4.79 Å². The highest BCUT2D eigenvalue weighted by molar-refractivity contribution is 7.89. The van der Waals surface area contributed by atoms with Crippen LogP contribution in [0.5, 0.6) is 0 Å². The van der Waals surface area contributed by atoms with E-state index in [-0.39, 0.29) is 36.8 Å². The summed E-state index contributed by atoms with van der Waals surface area (Å²) >= 11 is 0. The van der Waals surface area contributed by atoms with Crippen LogP contribution in [0.3, 0.4) is 0 Å². The van der Waals surface area contributed by atoms with Crippen molar-refractivity contribution >= 4 is 15.9 Å². The van der Waals surface area contributed by atoms with Crippen LogP contribution in [-0.2, 0) is 26.0 Å². The average molecular weight is 421 g/mol. The Labute approximate surface area is 171 Å². The van der Waals surface area contributed by atoms with Gasteiger partial charge in [-0.1, -0.05) is 18.2 Å². The Bertz CT molecular complexity index is 904. The second kappa shape index (κ2) is 9.51. The predicted octanol–water partition coefficient (Wildman–Crippen LogP) is 1.36. The third-order valence-corrected chi connectivity index (χ3v) is 6.56. The molecule has 0 bridgehead atoms. The Morgan fingerprint density at radius 1 is 1.21 bits per heavy atom. The molecule has 0 aliphatic carbocycles. The van der Waals surface area contributed by atoms with Crippen molar-refractivity contribution in [3.63, 3.8) is 0 Å². The van der Waals surface area contributed by atoms with Gasteiger partial charge < -0.3 is 10.1 Å². The SMILES string of the molecule is C[C@@H]1CN(S(=O)(=O)CCNC(=O)CCc2cnn(-c3ccccc3)c2)C[C@@H](C)O1. The van der Waals surface area contributed by atoms with Gasteiger partial charge in [0.25, 0.3) is 0 Å². The van der Waals surface area contributed by atoms with Crippen LogP contribution in [0, 0.1) is 0 Å². The van der Waals surface area contributed by atoms with Gasteiger partial charge in [0.1, 0.15) is 0 Å². The topological polar surface area (TPSA) is 93.5 Å². The number of morpholine rings is 1. The Balaban J connectivity index is 1.42. The van der Waals surface area contributed by atoms with Gasteiger partial charge in [-0.25, -0.2) is 13.1 Å². The minimum absolute atomic E-state index is 0.102. The number of carbonyl (C=O) groups excluding carboxylic acids is 1. The van der Waals surface area contributed by atoms with Gasteiger partial charge in [-0.2, -0.15) is 9.40 Å². The third kappa shape index (κ3) is 6.12. The van der Waals surface area contributed by atoms with Gasteiger partial charge >= 0.3 is 0 Å². The molecule has 1 aromatic heterocycles. The minimum atomic E-state index is -3.41. The molecule has 158 valence electrons. The number of rotatable bonds is 8. The summed E-state index contributed by atoms with van der Waals surface area (Å²) < 4.78 is 33.8. The van der Waals surface area contributed by atoms with Crippen LogP contribution >= 0.6 is 0 Å². The van der Waals surface area contributed by atoms with Crippen LogP contribution < -0.4 is 5.32 Å². The zero-order valence-electron chi connectivity index (χ0n) is 16.8. The molecule has 0 unspecified atom stereocenters.